The van der Waals surface area contributed by atoms with E-state index in [0.29, 0.717) is 13.1 Å². The topological polar surface area (TPSA) is 81.8 Å². The number of rotatable bonds is 3. The molecular weight excluding hydrogens is 359 g/mol. The number of carbonyl (C=O) groups excluding carboxylic acids is 1. The molecule has 144 valence electrons. The van der Waals surface area contributed by atoms with E-state index in [1.54, 1.807) is 30.2 Å². The van der Waals surface area contributed by atoms with Gasteiger partial charge in [0.25, 0.3) is 5.91 Å². The summed E-state index contributed by atoms with van der Waals surface area (Å²) in [6, 6.07) is 7.73. The number of carbonyl (C=O) groups is 1. The number of aromatic nitrogens is 3. The Labute approximate surface area is 161 Å². The van der Waals surface area contributed by atoms with Gasteiger partial charge in [0.1, 0.15) is 11.4 Å². The van der Waals surface area contributed by atoms with E-state index in [-0.39, 0.29) is 28.6 Å². The minimum atomic E-state index is -0.286. The highest BCUT2D eigenvalue weighted by molar-refractivity contribution is 5.94. The van der Waals surface area contributed by atoms with Gasteiger partial charge < -0.3 is 9.88 Å². The van der Waals surface area contributed by atoms with Crippen LogP contribution in [0.1, 0.15) is 40.5 Å². The van der Waals surface area contributed by atoms with Crippen molar-refractivity contribution in [2.24, 2.45) is 0 Å². The molecule has 7 heteroatoms. The Hall–Kier alpha value is -3.22. The Kier molecular flexibility index (Phi) is 4.81. The summed E-state index contributed by atoms with van der Waals surface area (Å²) in [5, 5.41) is 7.23. The normalized spacial score (nSPS) is 16.9. The Morgan fingerprint density at radius 1 is 1.29 bits per heavy atom. The van der Waals surface area contributed by atoms with Gasteiger partial charge in [0.2, 0.25) is 0 Å². The molecule has 6 nitrogen and oxygen atoms in total. The molecule has 1 fully saturated rings. The van der Waals surface area contributed by atoms with E-state index >= 15 is 0 Å². The Bertz CT molecular complexity index is 1050. The van der Waals surface area contributed by atoms with Crippen LogP contribution in [0, 0.1) is 12.7 Å². The third-order valence-electron chi connectivity index (χ3n) is 5.23. The molecule has 3 heterocycles. The van der Waals surface area contributed by atoms with Gasteiger partial charge >= 0.3 is 0 Å². The molecule has 3 aromatic rings. The fourth-order valence-corrected chi connectivity index (χ4v) is 3.77. The molecular formula is C21H21FN4O2. The summed E-state index contributed by atoms with van der Waals surface area (Å²) in [5.41, 5.74) is 3.34. The van der Waals surface area contributed by atoms with Crippen LogP contribution in [0.4, 0.5) is 4.39 Å². The zero-order chi connectivity index (χ0) is 19.7. The number of hydrogen-bond donors (Lipinski definition) is 2. The molecule has 1 amide bonds. The number of aryl methyl sites for hydroxylation is 1. The molecule has 0 saturated carbocycles. The number of halogens is 1. The van der Waals surface area contributed by atoms with Crippen molar-refractivity contribution in [3.05, 3.63) is 75.7 Å². The van der Waals surface area contributed by atoms with Crippen molar-refractivity contribution in [3.63, 3.8) is 0 Å². The largest absolute Gasteiger partial charge is 0.364 e. The first-order valence-corrected chi connectivity index (χ1v) is 9.31. The van der Waals surface area contributed by atoms with Gasteiger partial charge in [-0.15, -0.1) is 0 Å². The predicted molar refractivity (Wildman–Crippen MR) is 104 cm³/mol. The zero-order valence-electron chi connectivity index (χ0n) is 15.5. The Morgan fingerprint density at radius 2 is 2.07 bits per heavy atom. The summed E-state index contributed by atoms with van der Waals surface area (Å²) in [5.74, 6) is -0.467. The molecule has 4 rings (SSSR count). The Balaban J connectivity index is 1.58. The number of likely N-dealkylation sites (tertiary alicyclic amines) is 1. The number of nitrogens with one attached hydrogen (secondary N) is 2. The van der Waals surface area contributed by atoms with Crippen molar-refractivity contribution in [1.29, 1.82) is 0 Å². The van der Waals surface area contributed by atoms with Crippen LogP contribution in [0.25, 0.3) is 11.1 Å². The minimum absolute atomic E-state index is 0.0739. The number of amides is 1. The molecule has 1 aliphatic rings. The lowest BCUT2D eigenvalue weighted by molar-refractivity contribution is 0.0704. The third-order valence-corrected chi connectivity index (χ3v) is 5.23. The van der Waals surface area contributed by atoms with Gasteiger partial charge in [-0.1, -0.05) is 12.1 Å². The standard InChI is InChI=1S/C21H21FN4O2/c1-13-9-19(27)18(10-23-13)21(28)26-8-2-3-15(12-26)20-17(11-24-25-20)14-4-6-16(22)7-5-14/h4-7,9-11,15H,2-3,8,12H2,1H3,(H,23,27)(H,24,25). The maximum Gasteiger partial charge on any atom is 0.259 e. The molecule has 2 aromatic heterocycles. The summed E-state index contributed by atoms with van der Waals surface area (Å²) in [6.07, 6.45) is 4.96. The van der Waals surface area contributed by atoms with Crippen LogP contribution in [0.5, 0.6) is 0 Å². The minimum Gasteiger partial charge on any atom is -0.364 e. The van der Waals surface area contributed by atoms with E-state index < -0.39 is 0 Å². The summed E-state index contributed by atoms with van der Waals surface area (Å²) < 4.78 is 13.2. The molecule has 0 aliphatic carbocycles. The molecule has 0 radical (unpaired) electrons. The lowest BCUT2D eigenvalue weighted by Crippen LogP contribution is -2.41. The average Bonchev–Trinajstić information content (AvgIpc) is 3.18. The van der Waals surface area contributed by atoms with E-state index in [0.717, 1.165) is 35.4 Å². The maximum absolute atomic E-state index is 13.2. The van der Waals surface area contributed by atoms with Gasteiger partial charge in [-0.3, -0.25) is 14.7 Å². The first-order chi connectivity index (χ1) is 13.5. The molecule has 1 aliphatic heterocycles. The van der Waals surface area contributed by atoms with E-state index in [2.05, 4.69) is 15.2 Å². The fourth-order valence-electron chi connectivity index (χ4n) is 3.77. The van der Waals surface area contributed by atoms with E-state index in [9.17, 15) is 14.0 Å². The number of pyridine rings is 1. The van der Waals surface area contributed by atoms with Crippen LogP contribution in [0.2, 0.25) is 0 Å². The number of nitrogens with zero attached hydrogens (tertiary/aromatic N) is 2. The van der Waals surface area contributed by atoms with Crippen LogP contribution < -0.4 is 5.43 Å². The lowest BCUT2D eigenvalue weighted by Gasteiger charge is -2.32. The number of aromatic amines is 2. The lowest BCUT2D eigenvalue weighted by atomic mass is 9.90. The van der Waals surface area contributed by atoms with Crippen molar-refractivity contribution in [3.8, 4) is 11.1 Å². The van der Waals surface area contributed by atoms with Crippen LogP contribution in [0.3, 0.4) is 0 Å². The SMILES string of the molecule is Cc1cc(=O)c(C(=O)N2CCCC(c3[nH]ncc3-c3ccc(F)cc3)C2)c[nH]1. The second-order valence-corrected chi connectivity index (χ2v) is 7.19. The monoisotopic (exact) mass is 380 g/mol. The zero-order valence-corrected chi connectivity index (χ0v) is 15.5. The second kappa shape index (κ2) is 7.42. The van der Waals surface area contributed by atoms with E-state index in [1.807, 2.05) is 0 Å². The highest BCUT2D eigenvalue weighted by Gasteiger charge is 2.29. The third kappa shape index (κ3) is 3.47. The van der Waals surface area contributed by atoms with Crippen LogP contribution in [0.15, 0.2) is 47.5 Å². The first-order valence-electron chi connectivity index (χ1n) is 9.31. The predicted octanol–water partition coefficient (Wildman–Crippen LogP) is 3.23. The van der Waals surface area contributed by atoms with E-state index in [1.165, 1.54) is 24.4 Å². The second-order valence-electron chi connectivity index (χ2n) is 7.19. The van der Waals surface area contributed by atoms with Crippen LogP contribution in [-0.4, -0.2) is 39.1 Å². The fraction of sp³-hybridized carbons (Fsp3) is 0.286. The first kappa shape index (κ1) is 18.2. The van der Waals surface area contributed by atoms with Crippen LogP contribution in [-0.2, 0) is 0 Å². The Morgan fingerprint density at radius 3 is 2.82 bits per heavy atom. The molecule has 28 heavy (non-hydrogen) atoms. The van der Waals surface area contributed by atoms with Gasteiger partial charge in [0.15, 0.2) is 5.43 Å². The molecule has 1 atom stereocenters. The quantitative estimate of drug-likeness (QED) is 0.732. The molecule has 0 spiro atoms. The summed E-state index contributed by atoms with van der Waals surface area (Å²) in [6.45, 7) is 2.90. The van der Waals surface area contributed by atoms with Gasteiger partial charge in [-0.05, 0) is 37.5 Å². The number of piperidine rings is 1. The van der Waals surface area contributed by atoms with Crippen molar-refractivity contribution < 1.29 is 9.18 Å². The number of H-pyrrole nitrogens is 2. The molecule has 1 unspecified atom stereocenters. The highest BCUT2D eigenvalue weighted by atomic mass is 19.1. The summed E-state index contributed by atoms with van der Waals surface area (Å²) in [7, 11) is 0. The van der Waals surface area contributed by atoms with E-state index in [4.69, 9.17) is 0 Å². The van der Waals surface area contributed by atoms with Crippen molar-refractivity contribution >= 4 is 5.91 Å². The molecule has 0 bridgehead atoms. The van der Waals surface area contributed by atoms with Gasteiger partial charge in [0.05, 0.1) is 6.20 Å². The average molecular weight is 380 g/mol. The van der Waals surface area contributed by atoms with Crippen molar-refractivity contribution in [1.82, 2.24) is 20.1 Å². The van der Waals surface area contributed by atoms with Gasteiger partial charge in [-0.25, -0.2) is 4.39 Å². The molecule has 2 N–H and O–H groups in total. The summed E-state index contributed by atoms with van der Waals surface area (Å²) in [4.78, 5) is 29.7. The number of benzene rings is 1. The van der Waals surface area contributed by atoms with Crippen LogP contribution >= 0.6 is 0 Å². The highest BCUT2D eigenvalue weighted by Crippen LogP contribution is 2.33. The maximum atomic E-state index is 13.2. The van der Waals surface area contributed by atoms with Crippen molar-refractivity contribution in [2.45, 2.75) is 25.7 Å². The van der Waals surface area contributed by atoms with Gasteiger partial charge in [0, 0.05) is 48.2 Å². The van der Waals surface area contributed by atoms with Crippen molar-refractivity contribution in [2.75, 3.05) is 13.1 Å². The number of hydrogen-bond acceptors (Lipinski definition) is 3. The molecule has 1 aromatic carbocycles. The molecule has 1 saturated heterocycles. The smallest absolute Gasteiger partial charge is 0.259 e. The summed E-state index contributed by atoms with van der Waals surface area (Å²) >= 11 is 0. The van der Waals surface area contributed by atoms with Gasteiger partial charge in [-0.2, -0.15) is 5.10 Å².